The summed E-state index contributed by atoms with van der Waals surface area (Å²) in [6, 6.07) is 13.3. The number of carbonyl (C=O) groups is 1. The number of nitrogens with zero attached hydrogens (tertiary/aromatic N) is 3. The summed E-state index contributed by atoms with van der Waals surface area (Å²) in [5.41, 5.74) is 3.51. The Morgan fingerprint density at radius 3 is 2.68 bits per heavy atom. The molecule has 0 saturated heterocycles. The maximum absolute atomic E-state index is 13.3. The van der Waals surface area contributed by atoms with E-state index in [9.17, 15) is 9.18 Å². The molecule has 0 aliphatic rings. The lowest BCUT2D eigenvalue weighted by atomic mass is 10.1. The van der Waals surface area contributed by atoms with Gasteiger partial charge in [-0.2, -0.15) is 0 Å². The van der Waals surface area contributed by atoms with Crippen molar-refractivity contribution < 1.29 is 13.9 Å². The first kappa shape index (κ1) is 20.5. The van der Waals surface area contributed by atoms with Gasteiger partial charge in [-0.1, -0.05) is 0 Å². The van der Waals surface area contributed by atoms with Crippen molar-refractivity contribution >= 4 is 16.8 Å². The van der Waals surface area contributed by atoms with Gasteiger partial charge in [-0.15, -0.1) is 0 Å². The Hall–Kier alpha value is -3.74. The number of amides is 1. The third kappa shape index (κ3) is 4.71. The van der Waals surface area contributed by atoms with Crippen LogP contribution in [0, 0.1) is 5.82 Å². The molecule has 0 aliphatic heterocycles. The summed E-state index contributed by atoms with van der Waals surface area (Å²) in [4.78, 5) is 21.6. The summed E-state index contributed by atoms with van der Waals surface area (Å²) in [5, 5.41) is 3.74. The van der Waals surface area contributed by atoms with Crippen molar-refractivity contribution in [1.82, 2.24) is 19.9 Å². The van der Waals surface area contributed by atoms with Crippen LogP contribution in [0.1, 0.15) is 23.0 Å². The van der Waals surface area contributed by atoms with Gasteiger partial charge in [0.15, 0.2) is 0 Å². The molecule has 6 nitrogen and oxygen atoms in total. The fourth-order valence-corrected chi connectivity index (χ4v) is 3.38. The maximum Gasteiger partial charge on any atom is 0.251 e. The first-order valence-electron chi connectivity index (χ1n) is 10.1. The molecule has 31 heavy (non-hydrogen) atoms. The number of ether oxygens (including phenoxy) is 1. The van der Waals surface area contributed by atoms with Crippen molar-refractivity contribution in [2.45, 2.75) is 13.3 Å². The van der Waals surface area contributed by atoms with Crippen LogP contribution in [0.2, 0.25) is 0 Å². The molecule has 0 spiro atoms. The van der Waals surface area contributed by atoms with Gasteiger partial charge >= 0.3 is 0 Å². The molecule has 0 bridgehead atoms. The third-order valence-corrected chi connectivity index (χ3v) is 4.90. The van der Waals surface area contributed by atoms with Gasteiger partial charge in [-0.05, 0) is 49.4 Å². The van der Waals surface area contributed by atoms with E-state index in [1.165, 1.54) is 12.1 Å². The SMILES string of the molecule is CCOc1cc(-c2ccc(F)cc2)nc2cc(C(=O)NCCc3cn(C)cn3)ccc12. The van der Waals surface area contributed by atoms with E-state index in [0.29, 0.717) is 42.1 Å². The van der Waals surface area contributed by atoms with Crippen LogP contribution in [0.3, 0.4) is 0 Å². The van der Waals surface area contributed by atoms with Crippen LogP contribution in [0.25, 0.3) is 22.2 Å². The Bertz CT molecular complexity index is 1220. The second-order valence-electron chi connectivity index (χ2n) is 7.21. The molecule has 4 rings (SSSR count). The Labute approximate surface area is 179 Å². The lowest BCUT2D eigenvalue weighted by Gasteiger charge is -2.12. The van der Waals surface area contributed by atoms with Gasteiger partial charge in [-0.25, -0.2) is 14.4 Å². The van der Waals surface area contributed by atoms with Gasteiger partial charge in [0.05, 0.1) is 29.8 Å². The summed E-state index contributed by atoms with van der Waals surface area (Å²) in [6.45, 7) is 2.89. The maximum atomic E-state index is 13.3. The molecule has 2 aromatic carbocycles. The van der Waals surface area contributed by atoms with Gasteiger partial charge in [0, 0.05) is 48.8 Å². The van der Waals surface area contributed by atoms with E-state index in [1.807, 2.05) is 36.9 Å². The number of rotatable bonds is 7. The fourth-order valence-electron chi connectivity index (χ4n) is 3.38. The van der Waals surface area contributed by atoms with Crippen LogP contribution < -0.4 is 10.1 Å². The smallest absolute Gasteiger partial charge is 0.251 e. The van der Waals surface area contributed by atoms with Crippen molar-refractivity contribution in [3.05, 3.63) is 78.1 Å². The summed E-state index contributed by atoms with van der Waals surface area (Å²) in [7, 11) is 1.91. The molecule has 0 radical (unpaired) electrons. The standard InChI is InChI=1S/C24H23FN4O2/c1-3-31-23-13-21(16-4-7-18(25)8-5-16)28-22-12-17(6-9-20(22)23)24(30)26-11-10-19-14-29(2)15-27-19/h4-9,12-15H,3,10-11H2,1-2H3,(H,26,30). The Morgan fingerprint density at radius 2 is 1.97 bits per heavy atom. The average Bonchev–Trinajstić information content (AvgIpc) is 3.18. The predicted octanol–water partition coefficient (Wildman–Crippen LogP) is 4.15. The lowest BCUT2D eigenvalue weighted by Crippen LogP contribution is -2.25. The fraction of sp³-hybridized carbons (Fsp3) is 0.208. The molecule has 0 unspecified atom stereocenters. The molecule has 1 amide bonds. The molecule has 7 heteroatoms. The van der Waals surface area contributed by atoms with E-state index < -0.39 is 0 Å². The van der Waals surface area contributed by atoms with Crippen molar-refractivity contribution in [2.24, 2.45) is 7.05 Å². The van der Waals surface area contributed by atoms with Crippen LogP contribution in [0.5, 0.6) is 5.75 Å². The molecule has 0 fully saturated rings. The van der Waals surface area contributed by atoms with Crippen LogP contribution in [-0.4, -0.2) is 33.6 Å². The van der Waals surface area contributed by atoms with E-state index in [0.717, 1.165) is 16.6 Å². The molecule has 0 atom stereocenters. The van der Waals surface area contributed by atoms with Crippen molar-refractivity contribution in [1.29, 1.82) is 0 Å². The summed E-state index contributed by atoms with van der Waals surface area (Å²) in [6.07, 6.45) is 4.32. The first-order valence-corrected chi connectivity index (χ1v) is 10.1. The largest absolute Gasteiger partial charge is 0.493 e. The van der Waals surface area contributed by atoms with E-state index >= 15 is 0 Å². The van der Waals surface area contributed by atoms with E-state index in [4.69, 9.17) is 9.72 Å². The Morgan fingerprint density at radius 1 is 1.16 bits per heavy atom. The van der Waals surface area contributed by atoms with Gasteiger partial charge in [0.25, 0.3) is 5.91 Å². The topological polar surface area (TPSA) is 69.0 Å². The van der Waals surface area contributed by atoms with Crippen molar-refractivity contribution in [3.8, 4) is 17.0 Å². The number of imidazole rings is 1. The average molecular weight is 418 g/mol. The number of aryl methyl sites for hydroxylation is 1. The zero-order valence-corrected chi connectivity index (χ0v) is 17.4. The first-order chi connectivity index (χ1) is 15.0. The molecule has 0 saturated carbocycles. The minimum Gasteiger partial charge on any atom is -0.493 e. The number of benzene rings is 2. The number of carbonyl (C=O) groups excluding carboxylic acids is 1. The normalized spacial score (nSPS) is 10.9. The number of hydrogen-bond acceptors (Lipinski definition) is 4. The zero-order chi connectivity index (χ0) is 21.8. The molecule has 4 aromatic rings. The van der Waals surface area contributed by atoms with Crippen LogP contribution in [0.15, 0.2) is 61.1 Å². The number of pyridine rings is 1. The predicted molar refractivity (Wildman–Crippen MR) is 118 cm³/mol. The lowest BCUT2D eigenvalue weighted by molar-refractivity contribution is 0.0954. The summed E-state index contributed by atoms with van der Waals surface area (Å²) < 4.78 is 21.0. The van der Waals surface area contributed by atoms with Crippen LogP contribution >= 0.6 is 0 Å². The van der Waals surface area contributed by atoms with Gasteiger partial charge in [0.1, 0.15) is 11.6 Å². The molecule has 0 aliphatic carbocycles. The van der Waals surface area contributed by atoms with Crippen LogP contribution in [0.4, 0.5) is 4.39 Å². The highest BCUT2D eigenvalue weighted by atomic mass is 19.1. The molecule has 2 heterocycles. The summed E-state index contributed by atoms with van der Waals surface area (Å²) in [5.74, 6) is 0.193. The minimum atomic E-state index is -0.306. The highest BCUT2D eigenvalue weighted by Gasteiger charge is 2.12. The number of halogens is 1. The third-order valence-electron chi connectivity index (χ3n) is 4.90. The molecule has 158 valence electrons. The quantitative estimate of drug-likeness (QED) is 0.490. The number of fused-ring (bicyclic) bond motifs is 1. The Balaban J connectivity index is 1.60. The molecular formula is C24H23FN4O2. The van der Waals surface area contributed by atoms with Crippen LogP contribution in [-0.2, 0) is 13.5 Å². The molecule has 2 aromatic heterocycles. The van der Waals surface area contributed by atoms with Crippen molar-refractivity contribution in [3.63, 3.8) is 0 Å². The van der Waals surface area contributed by atoms with Gasteiger partial charge < -0.3 is 14.6 Å². The highest BCUT2D eigenvalue weighted by Crippen LogP contribution is 2.31. The highest BCUT2D eigenvalue weighted by molar-refractivity contribution is 5.99. The number of hydrogen-bond donors (Lipinski definition) is 1. The molecular weight excluding hydrogens is 395 g/mol. The van der Waals surface area contributed by atoms with E-state index in [-0.39, 0.29) is 11.7 Å². The second kappa shape index (κ2) is 8.95. The monoisotopic (exact) mass is 418 g/mol. The molecule has 1 N–H and O–H groups in total. The summed E-state index contributed by atoms with van der Waals surface area (Å²) >= 11 is 0. The van der Waals surface area contributed by atoms with Gasteiger partial charge in [0.2, 0.25) is 0 Å². The van der Waals surface area contributed by atoms with E-state index in [2.05, 4.69) is 10.3 Å². The zero-order valence-electron chi connectivity index (χ0n) is 17.4. The van der Waals surface area contributed by atoms with Crippen molar-refractivity contribution in [2.75, 3.05) is 13.2 Å². The minimum absolute atomic E-state index is 0.176. The number of nitrogens with one attached hydrogen (secondary N) is 1. The second-order valence-corrected chi connectivity index (χ2v) is 7.21. The Kier molecular flexibility index (Phi) is 5.93. The van der Waals surface area contributed by atoms with Gasteiger partial charge in [-0.3, -0.25) is 4.79 Å². The number of aromatic nitrogens is 3. The van der Waals surface area contributed by atoms with E-state index in [1.54, 1.807) is 30.6 Å².